The fraction of sp³-hybridized carbons (Fsp3) is 1.00. The Balaban J connectivity index is 2.91. The Bertz CT molecular complexity index is 260. The molecule has 0 aliphatic heterocycles. The first-order valence-corrected chi connectivity index (χ1v) is 7.73. The maximum Gasteiger partial charge on any atom is 0.0336 e. The molecule has 1 rings (SSSR count). The summed E-state index contributed by atoms with van der Waals surface area (Å²) in [6.45, 7) is 12.5. The Morgan fingerprint density at radius 1 is 1.39 bits per heavy atom. The third kappa shape index (κ3) is 3.08. The van der Waals surface area contributed by atoms with E-state index in [0.717, 1.165) is 18.4 Å². The molecule has 2 unspecified atom stereocenters. The molecule has 0 bridgehead atoms. The van der Waals surface area contributed by atoms with E-state index in [4.69, 9.17) is 5.73 Å². The van der Waals surface area contributed by atoms with Gasteiger partial charge in [-0.3, -0.25) is 4.90 Å². The topological polar surface area (TPSA) is 29.3 Å². The number of rotatable bonds is 5. The molecule has 0 radical (unpaired) electrons. The van der Waals surface area contributed by atoms with Gasteiger partial charge >= 0.3 is 0 Å². The molecule has 2 heteroatoms. The summed E-state index contributed by atoms with van der Waals surface area (Å²) in [6.07, 6.45) is 6.45. The zero-order chi connectivity index (χ0) is 14.0. The zero-order valence-electron chi connectivity index (χ0n) is 13.4. The predicted octanol–water partition coefficient (Wildman–Crippen LogP) is 3.65. The van der Waals surface area contributed by atoms with E-state index in [-0.39, 0.29) is 11.1 Å². The number of hydrogen-bond donors (Lipinski definition) is 1. The second-order valence-electron chi connectivity index (χ2n) is 7.25. The second-order valence-corrected chi connectivity index (χ2v) is 7.25. The van der Waals surface area contributed by atoms with Crippen molar-refractivity contribution in [3.8, 4) is 0 Å². The molecule has 2 nitrogen and oxygen atoms in total. The van der Waals surface area contributed by atoms with E-state index >= 15 is 0 Å². The third-order valence-corrected chi connectivity index (χ3v) is 5.67. The molecule has 2 N–H and O–H groups in total. The monoisotopic (exact) mass is 254 g/mol. The van der Waals surface area contributed by atoms with Crippen LogP contribution in [0.4, 0.5) is 0 Å². The van der Waals surface area contributed by atoms with Gasteiger partial charge in [-0.1, -0.05) is 33.6 Å². The van der Waals surface area contributed by atoms with E-state index in [1.165, 1.54) is 32.1 Å². The molecule has 18 heavy (non-hydrogen) atoms. The maximum absolute atomic E-state index is 6.21. The highest BCUT2D eigenvalue weighted by Gasteiger charge is 2.43. The van der Waals surface area contributed by atoms with E-state index < -0.39 is 0 Å². The molecule has 0 amide bonds. The zero-order valence-corrected chi connectivity index (χ0v) is 13.4. The van der Waals surface area contributed by atoms with E-state index in [2.05, 4.69) is 46.6 Å². The summed E-state index contributed by atoms with van der Waals surface area (Å²) in [7, 11) is 2.29. The van der Waals surface area contributed by atoms with Crippen LogP contribution in [0.5, 0.6) is 0 Å². The third-order valence-electron chi connectivity index (χ3n) is 5.67. The lowest BCUT2D eigenvalue weighted by Gasteiger charge is -2.53. The van der Waals surface area contributed by atoms with E-state index in [1.807, 2.05) is 0 Å². The van der Waals surface area contributed by atoms with Gasteiger partial charge in [-0.2, -0.15) is 0 Å². The molecule has 1 fully saturated rings. The standard InChI is InChI=1S/C16H34N2/c1-7-15(4,5)18(6)16(12-17)10-8-9-14(11-16)13(2)3/h13-14H,7-12,17H2,1-6H3. The summed E-state index contributed by atoms with van der Waals surface area (Å²) in [6, 6.07) is 0. The normalized spacial score (nSPS) is 30.2. The molecule has 1 saturated carbocycles. The van der Waals surface area contributed by atoms with Gasteiger partial charge in [0.15, 0.2) is 0 Å². The summed E-state index contributed by atoms with van der Waals surface area (Å²) in [5.41, 5.74) is 6.69. The predicted molar refractivity (Wildman–Crippen MR) is 80.7 cm³/mol. The Morgan fingerprint density at radius 2 is 2.00 bits per heavy atom. The van der Waals surface area contributed by atoms with Crippen LogP contribution < -0.4 is 5.73 Å². The molecule has 0 aromatic carbocycles. The molecule has 108 valence electrons. The number of nitrogens with two attached hydrogens (primary N) is 1. The second kappa shape index (κ2) is 5.92. The van der Waals surface area contributed by atoms with Crippen LogP contribution in [-0.4, -0.2) is 29.6 Å². The summed E-state index contributed by atoms with van der Waals surface area (Å²) < 4.78 is 0. The van der Waals surface area contributed by atoms with Crippen LogP contribution in [0.1, 0.15) is 66.7 Å². The highest BCUT2D eigenvalue weighted by atomic mass is 15.2. The highest BCUT2D eigenvalue weighted by Crippen LogP contribution is 2.41. The quantitative estimate of drug-likeness (QED) is 0.811. The van der Waals surface area contributed by atoms with Crippen LogP contribution in [-0.2, 0) is 0 Å². The van der Waals surface area contributed by atoms with Gasteiger partial charge < -0.3 is 5.73 Å². The van der Waals surface area contributed by atoms with Gasteiger partial charge in [0.05, 0.1) is 0 Å². The summed E-state index contributed by atoms with van der Waals surface area (Å²) >= 11 is 0. The van der Waals surface area contributed by atoms with Crippen LogP contribution in [0.15, 0.2) is 0 Å². The van der Waals surface area contributed by atoms with Gasteiger partial charge in [0.2, 0.25) is 0 Å². The van der Waals surface area contributed by atoms with Gasteiger partial charge in [0.25, 0.3) is 0 Å². The molecule has 1 aliphatic carbocycles. The number of likely N-dealkylation sites (N-methyl/N-ethyl adjacent to an activating group) is 1. The number of nitrogens with zero attached hydrogens (tertiary/aromatic N) is 1. The summed E-state index contributed by atoms with van der Waals surface area (Å²) in [4.78, 5) is 2.59. The SMILES string of the molecule is CCC(C)(C)N(C)C1(CN)CCCC(C(C)C)C1. The fourth-order valence-corrected chi connectivity index (χ4v) is 3.46. The first-order chi connectivity index (χ1) is 8.29. The molecule has 2 atom stereocenters. The van der Waals surface area contributed by atoms with Crippen molar-refractivity contribution in [2.45, 2.75) is 77.8 Å². The molecule has 0 spiro atoms. The minimum Gasteiger partial charge on any atom is -0.329 e. The van der Waals surface area contributed by atoms with Crippen LogP contribution in [0, 0.1) is 11.8 Å². The van der Waals surface area contributed by atoms with Gasteiger partial charge in [-0.15, -0.1) is 0 Å². The van der Waals surface area contributed by atoms with Gasteiger partial charge in [-0.05, 0) is 52.0 Å². The van der Waals surface area contributed by atoms with Crippen molar-refractivity contribution in [1.82, 2.24) is 4.90 Å². The molecule has 0 aromatic rings. The molecular formula is C16H34N2. The van der Waals surface area contributed by atoms with E-state index in [9.17, 15) is 0 Å². The lowest BCUT2D eigenvalue weighted by molar-refractivity contribution is -0.0216. The largest absolute Gasteiger partial charge is 0.329 e. The van der Waals surface area contributed by atoms with Crippen molar-refractivity contribution in [3.63, 3.8) is 0 Å². The fourth-order valence-electron chi connectivity index (χ4n) is 3.46. The summed E-state index contributed by atoms with van der Waals surface area (Å²) in [5.74, 6) is 1.63. The van der Waals surface area contributed by atoms with Crippen molar-refractivity contribution >= 4 is 0 Å². The van der Waals surface area contributed by atoms with E-state index in [0.29, 0.717) is 0 Å². The molecular weight excluding hydrogens is 220 g/mol. The van der Waals surface area contributed by atoms with E-state index in [1.54, 1.807) is 0 Å². The average Bonchev–Trinajstić information content (AvgIpc) is 2.37. The smallest absolute Gasteiger partial charge is 0.0336 e. The Morgan fingerprint density at radius 3 is 2.44 bits per heavy atom. The highest BCUT2D eigenvalue weighted by molar-refractivity contribution is 5.00. The molecule has 0 heterocycles. The lowest BCUT2D eigenvalue weighted by atomic mass is 9.69. The molecule has 0 saturated heterocycles. The maximum atomic E-state index is 6.21. The van der Waals surface area contributed by atoms with Crippen molar-refractivity contribution in [2.24, 2.45) is 17.6 Å². The minimum atomic E-state index is 0.229. The van der Waals surface area contributed by atoms with Crippen LogP contribution in [0.2, 0.25) is 0 Å². The van der Waals surface area contributed by atoms with Gasteiger partial charge in [0.1, 0.15) is 0 Å². The first-order valence-electron chi connectivity index (χ1n) is 7.73. The Kier molecular flexibility index (Phi) is 5.25. The minimum absolute atomic E-state index is 0.229. The van der Waals surface area contributed by atoms with Crippen LogP contribution in [0.25, 0.3) is 0 Å². The summed E-state index contributed by atoms with van der Waals surface area (Å²) in [5, 5.41) is 0. The van der Waals surface area contributed by atoms with Crippen molar-refractivity contribution in [1.29, 1.82) is 0 Å². The Labute approximate surface area is 114 Å². The van der Waals surface area contributed by atoms with Gasteiger partial charge in [0, 0.05) is 17.6 Å². The lowest BCUT2D eigenvalue weighted by Crippen LogP contribution is -2.61. The van der Waals surface area contributed by atoms with Crippen LogP contribution >= 0.6 is 0 Å². The molecule has 1 aliphatic rings. The van der Waals surface area contributed by atoms with Gasteiger partial charge in [-0.25, -0.2) is 0 Å². The first kappa shape index (κ1) is 16.0. The van der Waals surface area contributed by atoms with Crippen molar-refractivity contribution < 1.29 is 0 Å². The number of hydrogen-bond acceptors (Lipinski definition) is 2. The molecule has 0 aromatic heterocycles. The average molecular weight is 254 g/mol. The van der Waals surface area contributed by atoms with Crippen molar-refractivity contribution in [3.05, 3.63) is 0 Å². The van der Waals surface area contributed by atoms with Crippen molar-refractivity contribution in [2.75, 3.05) is 13.6 Å². The van der Waals surface area contributed by atoms with Crippen LogP contribution in [0.3, 0.4) is 0 Å². The Hall–Kier alpha value is -0.0800.